The highest BCUT2D eigenvalue weighted by Crippen LogP contribution is 2.24. The van der Waals surface area contributed by atoms with Crippen LogP contribution in [-0.2, 0) is 6.54 Å². The monoisotopic (exact) mass is 248 g/mol. The highest BCUT2D eigenvalue weighted by atomic mass is 15.2. The molecule has 0 spiro atoms. The van der Waals surface area contributed by atoms with Crippen LogP contribution in [0.3, 0.4) is 0 Å². The summed E-state index contributed by atoms with van der Waals surface area (Å²) in [6.07, 6.45) is 4.36. The zero-order valence-electron chi connectivity index (χ0n) is 11.5. The van der Waals surface area contributed by atoms with Crippen LogP contribution in [0.4, 0.5) is 5.82 Å². The molecule has 4 nitrogen and oxygen atoms in total. The van der Waals surface area contributed by atoms with Crippen LogP contribution in [0.1, 0.15) is 18.4 Å². The summed E-state index contributed by atoms with van der Waals surface area (Å²) in [5.74, 6) is 1.91. The van der Waals surface area contributed by atoms with E-state index in [9.17, 15) is 0 Å². The Hall–Kier alpha value is -1.13. The molecule has 1 aliphatic heterocycles. The second-order valence-corrected chi connectivity index (χ2v) is 5.38. The van der Waals surface area contributed by atoms with Gasteiger partial charge in [-0.3, -0.25) is 0 Å². The summed E-state index contributed by atoms with van der Waals surface area (Å²) in [6.45, 7) is 3.96. The summed E-state index contributed by atoms with van der Waals surface area (Å²) < 4.78 is 0. The molecular weight excluding hydrogens is 224 g/mol. The van der Waals surface area contributed by atoms with E-state index in [2.05, 4.69) is 34.9 Å². The van der Waals surface area contributed by atoms with Gasteiger partial charge in [0.2, 0.25) is 0 Å². The topological polar surface area (TPSA) is 45.4 Å². The Morgan fingerprint density at radius 3 is 2.72 bits per heavy atom. The highest BCUT2D eigenvalue weighted by Gasteiger charge is 2.21. The zero-order chi connectivity index (χ0) is 13.0. The maximum absolute atomic E-state index is 5.78. The molecule has 1 aliphatic rings. The fourth-order valence-corrected chi connectivity index (χ4v) is 2.72. The Balaban J connectivity index is 1.97. The predicted molar refractivity (Wildman–Crippen MR) is 75.6 cm³/mol. The van der Waals surface area contributed by atoms with Gasteiger partial charge in [-0.15, -0.1) is 0 Å². The Morgan fingerprint density at radius 2 is 2.11 bits per heavy atom. The van der Waals surface area contributed by atoms with Crippen LogP contribution in [-0.4, -0.2) is 43.6 Å². The molecule has 0 radical (unpaired) electrons. The normalized spacial score (nSPS) is 17.4. The lowest BCUT2D eigenvalue weighted by Crippen LogP contribution is -2.38. The molecule has 0 atom stereocenters. The van der Waals surface area contributed by atoms with E-state index in [0.29, 0.717) is 6.54 Å². The minimum absolute atomic E-state index is 0.570. The van der Waals surface area contributed by atoms with E-state index in [1.165, 1.54) is 19.4 Å². The summed E-state index contributed by atoms with van der Waals surface area (Å²) >= 11 is 0. The number of hydrogen-bond acceptors (Lipinski definition) is 4. The molecular formula is C14H24N4. The van der Waals surface area contributed by atoms with Gasteiger partial charge in [0.15, 0.2) is 0 Å². The lowest BCUT2D eigenvalue weighted by molar-refractivity contribution is 0.284. The van der Waals surface area contributed by atoms with Crippen molar-refractivity contribution in [1.29, 1.82) is 0 Å². The number of nitrogens with zero attached hydrogens (tertiary/aromatic N) is 3. The third-order valence-corrected chi connectivity index (χ3v) is 3.62. The standard InChI is InChI=1S/C14H24N4/c1-17(2)11-12-5-8-18(9-6-12)14-13(10-15)4-3-7-16-14/h3-4,7,12H,5-6,8-11,15H2,1-2H3. The fraction of sp³-hybridized carbons (Fsp3) is 0.643. The van der Waals surface area contributed by atoms with Crippen molar-refractivity contribution < 1.29 is 0 Å². The van der Waals surface area contributed by atoms with E-state index in [1.807, 2.05) is 12.3 Å². The number of rotatable bonds is 4. The summed E-state index contributed by atoms with van der Waals surface area (Å²) in [6, 6.07) is 4.04. The van der Waals surface area contributed by atoms with E-state index in [4.69, 9.17) is 5.73 Å². The van der Waals surface area contributed by atoms with Crippen molar-refractivity contribution in [3.8, 4) is 0 Å². The smallest absolute Gasteiger partial charge is 0.132 e. The zero-order valence-corrected chi connectivity index (χ0v) is 11.5. The molecule has 0 aliphatic carbocycles. The van der Waals surface area contributed by atoms with E-state index >= 15 is 0 Å². The van der Waals surface area contributed by atoms with Crippen molar-refractivity contribution in [3.63, 3.8) is 0 Å². The lowest BCUT2D eigenvalue weighted by Gasteiger charge is -2.34. The second kappa shape index (κ2) is 6.16. The Bertz CT molecular complexity index is 370. The number of hydrogen-bond donors (Lipinski definition) is 1. The molecule has 2 heterocycles. The van der Waals surface area contributed by atoms with Crippen LogP contribution in [0, 0.1) is 5.92 Å². The fourth-order valence-electron chi connectivity index (χ4n) is 2.72. The van der Waals surface area contributed by atoms with Gasteiger partial charge in [-0.25, -0.2) is 4.98 Å². The first kappa shape index (κ1) is 13.3. The predicted octanol–water partition coefficient (Wildman–Crippen LogP) is 1.32. The van der Waals surface area contributed by atoms with E-state index in [1.54, 1.807) is 0 Å². The maximum Gasteiger partial charge on any atom is 0.132 e. The van der Waals surface area contributed by atoms with Crippen molar-refractivity contribution in [1.82, 2.24) is 9.88 Å². The van der Waals surface area contributed by atoms with Gasteiger partial charge in [-0.05, 0) is 38.9 Å². The molecule has 2 rings (SSSR count). The second-order valence-electron chi connectivity index (χ2n) is 5.38. The third kappa shape index (κ3) is 3.21. The van der Waals surface area contributed by atoms with Crippen molar-refractivity contribution in [2.24, 2.45) is 11.7 Å². The summed E-state index contributed by atoms with van der Waals surface area (Å²) in [7, 11) is 4.30. The Kier molecular flexibility index (Phi) is 4.55. The molecule has 1 aromatic rings. The molecule has 4 heteroatoms. The summed E-state index contributed by atoms with van der Waals surface area (Å²) in [4.78, 5) is 9.16. The average Bonchev–Trinajstić information content (AvgIpc) is 2.39. The van der Waals surface area contributed by atoms with Gasteiger partial charge in [-0.1, -0.05) is 6.07 Å². The van der Waals surface area contributed by atoms with Gasteiger partial charge in [0, 0.05) is 37.9 Å². The van der Waals surface area contributed by atoms with Gasteiger partial charge in [0.1, 0.15) is 5.82 Å². The first-order chi connectivity index (χ1) is 8.70. The van der Waals surface area contributed by atoms with Gasteiger partial charge in [0.05, 0.1) is 0 Å². The van der Waals surface area contributed by atoms with Crippen molar-refractivity contribution in [2.45, 2.75) is 19.4 Å². The maximum atomic E-state index is 5.78. The summed E-state index contributed by atoms with van der Waals surface area (Å²) in [5.41, 5.74) is 6.93. The number of nitrogens with two attached hydrogens (primary N) is 1. The van der Waals surface area contributed by atoms with Crippen molar-refractivity contribution in [2.75, 3.05) is 38.6 Å². The van der Waals surface area contributed by atoms with Crippen LogP contribution in [0.2, 0.25) is 0 Å². The molecule has 0 bridgehead atoms. The Morgan fingerprint density at radius 1 is 1.39 bits per heavy atom. The summed E-state index contributed by atoms with van der Waals surface area (Å²) in [5, 5.41) is 0. The molecule has 1 fully saturated rings. The van der Waals surface area contributed by atoms with E-state index in [0.717, 1.165) is 30.4 Å². The van der Waals surface area contributed by atoms with Crippen molar-refractivity contribution in [3.05, 3.63) is 23.9 Å². The van der Waals surface area contributed by atoms with E-state index < -0.39 is 0 Å². The van der Waals surface area contributed by atoms with Gasteiger partial charge in [-0.2, -0.15) is 0 Å². The van der Waals surface area contributed by atoms with E-state index in [-0.39, 0.29) is 0 Å². The molecule has 0 saturated carbocycles. The molecule has 18 heavy (non-hydrogen) atoms. The number of piperidine rings is 1. The third-order valence-electron chi connectivity index (χ3n) is 3.62. The molecule has 2 N–H and O–H groups in total. The molecule has 0 amide bonds. The van der Waals surface area contributed by atoms with Gasteiger partial charge >= 0.3 is 0 Å². The first-order valence-electron chi connectivity index (χ1n) is 6.74. The molecule has 0 aromatic carbocycles. The van der Waals surface area contributed by atoms with Gasteiger partial charge < -0.3 is 15.5 Å². The SMILES string of the molecule is CN(C)CC1CCN(c2ncccc2CN)CC1. The van der Waals surface area contributed by atoms with Crippen LogP contribution >= 0.6 is 0 Å². The number of anilines is 1. The Labute approximate surface area is 110 Å². The molecule has 100 valence electrons. The van der Waals surface area contributed by atoms with Crippen LogP contribution in [0.15, 0.2) is 18.3 Å². The molecule has 0 unspecified atom stereocenters. The molecule has 1 saturated heterocycles. The minimum atomic E-state index is 0.570. The van der Waals surface area contributed by atoms with Crippen molar-refractivity contribution >= 4 is 5.82 Å². The van der Waals surface area contributed by atoms with Crippen LogP contribution in [0.25, 0.3) is 0 Å². The lowest BCUT2D eigenvalue weighted by atomic mass is 9.96. The van der Waals surface area contributed by atoms with Crippen LogP contribution in [0.5, 0.6) is 0 Å². The average molecular weight is 248 g/mol. The molecule has 1 aromatic heterocycles. The van der Waals surface area contributed by atoms with Crippen LogP contribution < -0.4 is 10.6 Å². The largest absolute Gasteiger partial charge is 0.356 e. The quantitative estimate of drug-likeness (QED) is 0.873. The highest BCUT2D eigenvalue weighted by molar-refractivity contribution is 5.46. The number of aromatic nitrogens is 1. The first-order valence-corrected chi connectivity index (χ1v) is 6.74. The minimum Gasteiger partial charge on any atom is -0.356 e. The number of pyridine rings is 1. The van der Waals surface area contributed by atoms with Gasteiger partial charge in [0.25, 0.3) is 0 Å².